The predicted octanol–water partition coefficient (Wildman–Crippen LogP) is 5.17. The molecule has 0 radical (unpaired) electrons. The van der Waals surface area contributed by atoms with Crippen molar-refractivity contribution < 1.29 is 0 Å². The number of anilines is 1. The molecular weight excluding hydrogens is 426 g/mol. The first-order valence-corrected chi connectivity index (χ1v) is 10.3. The molecule has 0 saturated carbocycles. The van der Waals surface area contributed by atoms with E-state index in [0.717, 1.165) is 21.3 Å². The third-order valence-electron chi connectivity index (χ3n) is 5.12. The van der Waals surface area contributed by atoms with Crippen LogP contribution < -0.4 is 10.5 Å². The Morgan fingerprint density at radius 2 is 1.48 bits per heavy atom. The summed E-state index contributed by atoms with van der Waals surface area (Å²) in [6, 6.07) is 23.8. The predicted molar refractivity (Wildman–Crippen MR) is 123 cm³/mol. The van der Waals surface area contributed by atoms with Crippen molar-refractivity contribution in [2.45, 2.75) is 13.0 Å². The van der Waals surface area contributed by atoms with Gasteiger partial charge in [-0.1, -0.05) is 60.7 Å². The maximum absolute atomic E-state index is 13.7. The van der Waals surface area contributed by atoms with Crippen LogP contribution in [0.1, 0.15) is 23.0 Å². The highest BCUT2D eigenvalue weighted by Crippen LogP contribution is 2.30. The normalized spacial score (nSPS) is 11.2. The van der Waals surface area contributed by atoms with E-state index in [4.69, 9.17) is 4.98 Å². The molecule has 0 atom stereocenters. The Bertz CT molecular complexity index is 1180. The SMILES string of the molecule is Cc1nc2cc(Br)c(N(C)C)cc2c(=O)n1C(c1ccccc1)c1ccccc1. The first-order chi connectivity index (χ1) is 14.0. The Morgan fingerprint density at radius 3 is 2.00 bits per heavy atom. The minimum absolute atomic E-state index is 0.0409. The van der Waals surface area contributed by atoms with Gasteiger partial charge in [-0.15, -0.1) is 0 Å². The molecule has 0 fully saturated rings. The fraction of sp³-hybridized carbons (Fsp3) is 0.167. The average molecular weight is 448 g/mol. The van der Waals surface area contributed by atoms with E-state index in [0.29, 0.717) is 16.7 Å². The lowest BCUT2D eigenvalue weighted by Crippen LogP contribution is -2.29. The number of nitrogens with zero attached hydrogens (tertiary/aromatic N) is 3. The van der Waals surface area contributed by atoms with Gasteiger partial charge in [0.05, 0.1) is 22.6 Å². The van der Waals surface area contributed by atoms with Crippen LogP contribution in [0.3, 0.4) is 0 Å². The number of halogens is 1. The number of benzene rings is 3. The molecule has 3 aromatic carbocycles. The van der Waals surface area contributed by atoms with Gasteiger partial charge >= 0.3 is 0 Å². The van der Waals surface area contributed by atoms with Crippen LogP contribution in [-0.2, 0) is 0 Å². The van der Waals surface area contributed by atoms with Crippen LogP contribution >= 0.6 is 15.9 Å². The van der Waals surface area contributed by atoms with Crippen molar-refractivity contribution in [2.75, 3.05) is 19.0 Å². The van der Waals surface area contributed by atoms with Crippen LogP contribution in [0.15, 0.2) is 82.1 Å². The van der Waals surface area contributed by atoms with Crippen molar-refractivity contribution in [3.63, 3.8) is 0 Å². The summed E-state index contributed by atoms with van der Waals surface area (Å²) < 4.78 is 2.72. The Kier molecular flexibility index (Phi) is 5.24. The number of fused-ring (bicyclic) bond motifs is 1. The third kappa shape index (κ3) is 3.58. The van der Waals surface area contributed by atoms with Crippen molar-refractivity contribution in [1.29, 1.82) is 0 Å². The molecule has 146 valence electrons. The molecule has 0 aliphatic heterocycles. The molecule has 0 bridgehead atoms. The summed E-state index contributed by atoms with van der Waals surface area (Å²) in [6.07, 6.45) is 0. The number of aryl methyl sites for hydroxylation is 1. The Balaban J connectivity index is 2.04. The van der Waals surface area contributed by atoms with Gasteiger partial charge < -0.3 is 4.90 Å². The molecule has 0 aliphatic carbocycles. The van der Waals surface area contributed by atoms with Gasteiger partial charge in [0.15, 0.2) is 0 Å². The lowest BCUT2D eigenvalue weighted by molar-refractivity contribution is 0.619. The molecular formula is C24H22BrN3O. The second-order valence-corrected chi connectivity index (χ2v) is 8.13. The highest BCUT2D eigenvalue weighted by Gasteiger charge is 2.22. The molecule has 1 aromatic heterocycles. The van der Waals surface area contributed by atoms with Crippen LogP contribution in [0.25, 0.3) is 10.9 Å². The smallest absolute Gasteiger partial charge is 0.262 e. The van der Waals surface area contributed by atoms with Crippen LogP contribution in [0, 0.1) is 6.92 Å². The number of aromatic nitrogens is 2. The molecule has 4 rings (SSSR count). The van der Waals surface area contributed by atoms with Crippen LogP contribution in [0.4, 0.5) is 5.69 Å². The van der Waals surface area contributed by atoms with Gasteiger partial charge in [0, 0.05) is 18.6 Å². The molecule has 5 heteroatoms. The summed E-state index contributed by atoms with van der Waals surface area (Å²) in [5.41, 5.74) is 3.70. The van der Waals surface area contributed by atoms with Gasteiger partial charge in [-0.05, 0) is 46.1 Å². The highest BCUT2D eigenvalue weighted by molar-refractivity contribution is 9.10. The lowest BCUT2D eigenvalue weighted by Gasteiger charge is -2.24. The highest BCUT2D eigenvalue weighted by atomic mass is 79.9. The van der Waals surface area contributed by atoms with Gasteiger partial charge in [0.1, 0.15) is 5.82 Å². The topological polar surface area (TPSA) is 38.1 Å². The number of hydrogen-bond acceptors (Lipinski definition) is 3. The van der Waals surface area contributed by atoms with Gasteiger partial charge in [0.25, 0.3) is 5.56 Å². The van der Waals surface area contributed by atoms with Crippen LogP contribution in [0.2, 0.25) is 0 Å². The van der Waals surface area contributed by atoms with E-state index >= 15 is 0 Å². The number of hydrogen-bond donors (Lipinski definition) is 0. The van der Waals surface area contributed by atoms with Crippen molar-refractivity contribution in [2.24, 2.45) is 0 Å². The van der Waals surface area contributed by atoms with Crippen LogP contribution in [-0.4, -0.2) is 23.6 Å². The second kappa shape index (κ2) is 7.84. The van der Waals surface area contributed by atoms with Crippen molar-refractivity contribution in [3.05, 3.63) is 105 Å². The lowest BCUT2D eigenvalue weighted by atomic mass is 9.98. The third-order valence-corrected chi connectivity index (χ3v) is 5.75. The molecule has 0 saturated heterocycles. The first-order valence-electron chi connectivity index (χ1n) is 9.47. The number of rotatable bonds is 4. The molecule has 0 amide bonds. The van der Waals surface area contributed by atoms with E-state index in [1.807, 2.05) is 74.4 Å². The zero-order valence-electron chi connectivity index (χ0n) is 16.6. The maximum atomic E-state index is 13.7. The second-order valence-electron chi connectivity index (χ2n) is 7.27. The standard InChI is InChI=1S/C24H22BrN3O/c1-16-26-21-15-20(25)22(27(2)3)14-19(21)24(29)28(16)23(17-10-6-4-7-11-17)18-12-8-5-9-13-18/h4-15,23H,1-3H3. The molecule has 0 unspecified atom stereocenters. The largest absolute Gasteiger partial charge is 0.377 e. The molecule has 0 aliphatic rings. The molecule has 0 spiro atoms. The Morgan fingerprint density at radius 1 is 0.931 bits per heavy atom. The summed E-state index contributed by atoms with van der Waals surface area (Å²) in [4.78, 5) is 20.5. The summed E-state index contributed by atoms with van der Waals surface area (Å²) in [7, 11) is 3.92. The monoisotopic (exact) mass is 447 g/mol. The van der Waals surface area contributed by atoms with Gasteiger partial charge in [-0.25, -0.2) is 4.98 Å². The summed E-state index contributed by atoms with van der Waals surface area (Å²) in [6.45, 7) is 1.90. The summed E-state index contributed by atoms with van der Waals surface area (Å²) in [5.74, 6) is 0.685. The van der Waals surface area contributed by atoms with Gasteiger partial charge in [-0.2, -0.15) is 0 Å². The van der Waals surface area contributed by atoms with E-state index in [1.165, 1.54) is 0 Å². The van der Waals surface area contributed by atoms with E-state index in [1.54, 1.807) is 4.57 Å². The van der Waals surface area contributed by atoms with E-state index < -0.39 is 0 Å². The molecule has 0 N–H and O–H groups in total. The van der Waals surface area contributed by atoms with Gasteiger partial charge in [0.2, 0.25) is 0 Å². The van der Waals surface area contributed by atoms with Crippen molar-refractivity contribution in [1.82, 2.24) is 9.55 Å². The average Bonchev–Trinajstić information content (AvgIpc) is 2.71. The van der Waals surface area contributed by atoms with E-state index in [2.05, 4.69) is 40.2 Å². The zero-order valence-corrected chi connectivity index (χ0v) is 18.2. The zero-order chi connectivity index (χ0) is 20.5. The molecule has 1 heterocycles. The maximum Gasteiger partial charge on any atom is 0.262 e. The quantitative estimate of drug-likeness (QED) is 0.432. The van der Waals surface area contributed by atoms with Gasteiger partial charge in [-0.3, -0.25) is 9.36 Å². The minimum atomic E-state index is -0.242. The van der Waals surface area contributed by atoms with Crippen molar-refractivity contribution in [3.8, 4) is 0 Å². The molecule has 29 heavy (non-hydrogen) atoms. The van der Waals surface area contributed by atoms with Crippen LogP contribution in [0.5, 0.6) is 0 Å². The molecule has 4 nitrogen and oxygen atoms in total. The minimum Gasteiger partial charge on any atom is -0.377 e. The summed E-state index contributed by atoms with van der Waals surface area (Å²) in [5, 5.41) is 0.611. The van der Waals surface area contributed by atoms with E-state index in [9.17, 15) is 4.79 Å². The Labute approximate surface area is 178 Å². The van der Waals surface area contributed by atoms with Crippen molar-refractivity contribution >= 4 is 32.5 Å². The fourth-order valence-corrected chi connectivity index (χ4v) is 4.41. The van der Waals surface area contributed by atoms with E-state index in [-0.39, 0.29) is 11.6 Å². The fourth-order valence-electron chi connectivity index (χ4n) is 3.73. The first kappa shape index (κ1) is 19.4. The molecule has 4 aromatic rings. The Hall–Kier alpha value is -2.92. The summed E-state index contributed by atoms with van der Waals surface area (Å²) >= 11 is 3.60.